The Morgan fingerprint density at radius 1 is 1.10 bits per heavy atom. The SMILES string of the molecule is CC(O)(C=O)Cc1ccccc1C(=O)c1ccccc1. The van der Waals surface area contributed by atoms with Gasteiger partial charge in [-0.15, -0.1) is 0 Å². The summed E-state index contributed by atoms with van der Waals surface area (Å²) in [6.07, 6.45) is 0.613. The lowest BCUT2D eigenvalue weighted by Gasteiger charge is -2.17. The van der Waals surface area contributed by atoms with Crippen LogP contribution < -0.4 is 0 Å². The van der Waals surface area contributed by atoms with Crippen molar-refractivity contribution in [2.75, 3.05) is 0 Å². The predicted octanol–water partition coefficient (Wildman–Crippen LogP) is 2.41. The maximum Gasteiger partial charge on any atom is 0.193 e. The van der Waals surface area contributed by atoms with Gasteiger partial charge in [0.05, 0.1) is 0 Å². The number of ketones is 1. The molecule has 0 aliphatic carbocycles. The first kappa shape index (κ1) is 14.2. The monoisotopic (exact) mass is 268 g/mol. The van der Waals surface area contributed by atoms with Gasteiger partial charge in [-0.05, 0) is 12.5 Å². The summed E-state index contributed by atoms with van der Waals surface area (Å²) in [6, 6.07) is 16.0. The quantitative estimate of drug-likeness (QED) is 0.669. The molecule has 0 aromatic heterocycles. The van der Waals surface area contributed by atoms with Crippen molar-refractivity contribution in [1.29, 1.82) is 0 Å². The summed E-state index contributed by atoms with van der Waals surface area (Å²) in [5, 5.41) is 9.87. The highest BCUT2D eigenvalue weighted by Crippen LogP contribution is 2.19. The molecule has 1 unspecified atom stereocenters. The lowest BCUT2D eigenvalue weighted by Crippen LogP contribution is -2.29. The summed E-state index contributed by atoms with van der Waals surface area (Å²) in [6.45, 7) is 1.43. The molecular formula is C17H16O3. The van der Waals surface area contributed by atoms with Gasteiger partial charge >= 0.3 is 0 Å². The fraction of sp³-hybridized carbons (Fsp3) is 0.176. The van der Waals surface area contributed by atoms with Crippen LogP contribution in [0.25, 0.3) is 0 Å². The van der Waals surface area contributed by atoms with Gasteiger partial charge in [-0.1, -0.05) is 54.6 Å². The lowest BCUT2D eigenvalue weighted by molar-refractivity contribution is -0.122. The zero-order valence-corrected chi connectivity index (χ0v) is 11.2. The van der Waals surface area contributed by atoms with Crippen molar-refractivity contribution >= 4 is 12.1 Å². The molecule has 0 spiro atoms. The van der Waals surface area contributed by atoms with Gasteiger partial charge in [0.1, 0.15) is 5.60 Å². The molecule has 2 rings (SSSR count). The highest BCUT2D eigenvalue weighted by atomic mass is 16.3. The molecule has 2 aromatic rings. The maximum absolute atomic E-state index is 12.5. The van der Waals surface area contributed by atoms with Crippen LogP contribution in [0.3, 0.4) is 0 Å². The second kappa shape index (κ2) is 5.80. The van der Waals surface area contributed by atoms with E-state index in [-0.39, 0.29) is 12.2 Å². The number of hydrogen-bond donors (Lipinski definition) is 1. The topological polar surface area (TPSA) is 54.4 Å². The summed E-state index contributed by atoms with van der Waals surface area (Å²) in [7, 11) is 0. The number of carbonyl (C=O) groups is 2. The minimum atomic E-state index is -1.47. The number of benzene rings is 2. The zero-order valence-electron chi connectivity index (χ0n) is 11.2. The average Bonchev–Trinajstić information content (AvgIpc) is 2.48. The van der Waals surface area contributed by atoms with Gasteiger partial charge in [0.25, 0.3) is 0 Å². The third-order valence-corrected chi connectivity index (χ3v) is 3.10. The number of aldehydes is 1. The van der Waals surface area contributed by atoms with Gasteiger partial charge in [0, 0.05) is 17.5 Å². The summed E-state index contributed by atoms with van der Waals surface area (Å²) in [5.74, 6) is -0.108. The molecular weight excluding hydrogens is 252 g/mol. The fourth-order valence-corrected chi connectivity index (χ4v) is 2.07. The Morgan fingerprint density at radius 2 is 1.70 bits per heavy atom. The summed E-state index contributed by atoms with van der Waals surface area (Å²) >= 11 is 0. The molecule has 2 aromatic carbocycles. The molecule has 0 aliphatic heterocycles. The molecule has 0 saturated heterocycles. The van der Waals surface area contributed by atoms with Crippen molar-refractivity contribution < 1.29 is 14.7 Å². The highest BCUT2D eigenvalue weighted by Gasteiger charge is 2.23. The van der Waals surface area contributed by atoms with Crippen LogP contribution in [-0.4, -0.2) is 22.8 Å². The Kier molecular flexibility index (Phi) is 4.11. The standard InChI is InChI=1S/C17H16O3/c1-17(20,12-18)11-14-9-5-6-10-15(14)16(19)13-7-3-2-4-8-13/h2-10,12,20H,11H2,1H3. The third-order valence-electron chi connectivity index (χ3n) is 3.10. The largest absolute Gasteiger partial charge is 0.382 e. The van der Waals surface area contributed by atoms with E-state index in [0.29, 0.717) is 23.0 Å². The van der Waals surface area contributed by atoms with Crippen LogP contribution in [0.5, 0.6) is 0 Å². The van der Waals surface area contributed by atoms with E-state index >= 15 is 0 Å². The zero-order chi connectivity index (χ0) is 14.6. The van der Waals surface area contributed by atoms with Crippen LogP contribution in [0, 0.1) is 0 Å². The van der Waals surface area contributed by atoms with E-state index in [2.05, 4.69) is 0 Å². The van der Waals surface area contributed by atoms with Crippen molar-refractivity contribution in [3.05, 3.63) is 71.3 Å². The molecule has 1 N–H and O–H groups in total. The second-order valence-electron chi connectivity index (χ2n) is 5.00. The van der Waals surface area contributed by atoms with Gasteiger partial charge in [-0.25, -0.2) is 0 Å². The van der Waals surface area contributed by atoms with Crippen LogP contribution in [-0.2, 0) is 11.2 Å². The molecule has 3 heteroatoms. The van der Waals surface area contributed by atoms with Crippen LogP contribution in [0.15, 0.2) is 54.6 Å². The molecule has 0 bridgehead atoms. The van der Waals surface area contributed by atoms with Crippen LogP contribution in [0.4, 0.5) is 0 Å². The van der Waals surface area contributed by atoms with E-state index in [1.807, 2.05) is 6.07 Å². The Bertz CT molecular complexity index is 615. The van der Waals surface area contributed by atoms with Gasteiger partial charge in [0.15, 0.2) is 12.1 Å². The van der Waals surface area contributed by atoms with Crippen LogP contribution in [0.2, 0.25) is 0 Å². The van der Waals surface area contributed by atoms with Crippen molar-refractivity contribution in [1.82, 2.24) is 0 Å². The van der Waals surface area contributed by atoms with Crippen molar-refractivity contribution in [2.24, 2.45) is 0 Å². The van der Waals surface area contributed by atoms with E-state index in [1.165, 1.54) is 6.92 Å². The molecule has 0 fully saturated rings. The number of aliphatic hydroxyl groups is 1. The first-order valence-corrected chi connectivity index (χ1v) is 6.40. The predicted molar refractivity (Wildman–Crippen MR) is 76.7 cm³/mol. The third kappa shape index (κ3) is 3.19. The second-order valence-corrected chi connectivity index (χ2v) is 5.00. The number of hydrogen-bond acceptors (Lipinski definition) is 3. The highest BCUT2D eigenvalue weighted by molar-refractivity contribution is 6.09. The van der Waals surface area contributed by atoms with E-state index in [0.717, 1.165) is 0 Å². The molecule has 102 valence electrons. The smallest absolute Gasteiger partial charge is 0.193 e. The molecule has 0 radical (unpaired) electrons. The Morgan fingerprint density at radius 3 is 2.35 bits per heavy atom. The molecule has 0 amide bonds. The van der Waals surface area contributed by atoms with E-state index in [4.69, 9.17) is 0 Å². The normalized spacial score (nSPS) is 13.5. The maximum atomic E-state index is 12.5. The summed E-state index contributed by atoms with van der Waals surface area (Å²) in [4.78, 5) is 23.3. The molecule has 1 atom stereocenters. The molecule has 0 aliphatic rings. The van der Waals surface area contributed by atoms with Gasteiger partial charge < -0.3 is 9.90 Å². The van der Waals surface area contributed by atoms with Crippen molar-refractivity contribution in [3.8, 4) is 0 Å². The molecule has 0 saturated carbocycles. The van der Waals surface area contributed by atoms with Crippen LogP contribution >= 0.6 is 0 Å². The van der Waals surface area contributed by atoms with Gasteiger partial charge in [0.2, 0.25) is 0 Å². The summed E-state index contributed by atoms with van der Waals surface area (Å²) < 4.78 is 0. The van der Waals surface area contributed by atoms with Crippen molar-refractivity contribution in [3.63, 3.8) is 0 Å². The van der Waals surface area contributed by atoms with Crippen molar-refractivity contribution in [2.45, 2.75) is 18.9 Å². The number of rotatable bonds is 5. The minimum Gasteiger partial charge on any atom is -0.382 e. The minimum absolute atomic E-state index is 0.108. The Labute approximate surface area is 117 Å². The Hall–Kier alpha value is -2.26. The number of carbonyl (C=O) groups excluding carboxylic acids is 2. The Balaban J connectivity index is 2.38. The van der Waals surface area contributed by atoms with Gasteiger partial charge in [-0.2, -0.15) is 0 Å². The average molecular weight is 268 g/mol. The van der Waals surface area contributed by atoms with E-state index in [9.17, 15) is 14.7 Å². The van der Waals surface area contributed by atoms with Gasteiger partial charge in [-0.3, -0.25) is 4.79 Å². The molecule has 3 nitrogen and oxygen atoms in total. The van der Waals surface area contributed by atoms with Crippen LogP contribution in [0.1, 0.15) is 28.4 Å². The summed E-state index contributed by atoms with van der Waals surface area (Å²) in [5.41, 5.74) is 0.303. The lowest BCUT2D eigenvalue weighted by atomic mass is 9.91. The molecule has 20 heavy (non-hydrogen) atoms. The first-order valence-electron chi connectivity index (χ1n) is 6.40. The fourth-order valence-electron chi connectivity index (χ4n) is 2.07. The van der Waals surface area contributed by atoms with E-state index in [1.54, 1.807) is 48.5 Å². The van der Waals surface area contributed by atoms with E-state index < -0.39 is 5.60 Å². The first-order chi connectivity index (χ1) is 9.53. The molecule has 0 heterocycles.